The van der Waals surface area contributed by atoms with E-state index in [0.717, 1.165) is 12.1 Å². The number of rotatable bonds is 4. The Balaban J connectivity index is 2.63. The first kappa shape index (κ1) is 12.2. The van der Waals surface area contributed by atoms with E-state index in [2.05, 4.69) is 5.16 Å². The third-order valence-corrected chi connectivity index (χ3v) is 1.85. The molecule has 1 aromatic rings. The summed E-state index contributed by atoms with van der Waals surface area (Å²) in [7, 11) is 0. The smallest absolute Gasteiger partial charge is 0.162 e. The van der Waals surface area contributed by atoms with Crippen LogP contribution in [0.1, 0.15) is 13.3 Å². The Bertz CT molecular complexity index is 396. The van der Waals surface area contributed by atoms with E-state index in [9.17, 15) is 8.78 Å². The molecule has 0 radical (unpaired) electrons. The van der Waals surface area contributed by atoms with Crippen LogP contribution in [0.15, 0.2) is 23.4 Å². The Morgan fingerprint density at radius 1 is 1.50 bits per heavy atom. The van der Waals surface area contributed by atoms with Gasteiger partial charge in [0, 0.05) is 12.5 Å². The Kier molecular flexibility index (Phi) is 4.04. The van der Waals surface area contributed by atoms with Gasteiger partial charge in [-0.05, 0) is 19.1 Å². The van der Waals surface area contributed by atoms with Crippen molar-refractivity contribution >= 4 is 5.84 Å². The molecule has 0 aliphatic heterocycles. The van der Waals surface area contributed by atoms with Crippen molar-refractivity contribution in [2.24, 2.45) is 10.9 Å². The van der Waals surface area contributed by atoms with E-state index in [1.54, 1.807) is 6.92 Å². The molecule has 4 nitrogen and oxygen atoms in total. The van der Waals surface area contributed by atoms with Crippen LogP contribution in [0.5, 0.6) is 5.75 Å². The standard InChI is InChI=1S/C10H12F2N2O2/c1-6(4-10(13)14-15)16-7-2-3-8(11)9(12)5-7/h2-3,5-6,15H,4H2,1H3,(H2,13,14). The van der Waals surface area contributed by atoms with E-state index in [1.807, 2.05) is 0 Å². The highest BCUT2D eigenvalue weighted by atomic mass is 19.2. The molecule has 0 aliphatic rings. The molecule has 1 rings (SSSR count). The van der Waals surface area contributed by atoms with Crippen LogP contribution in [-0.4, -0.2) is 17.1 Å². The lowest BCUT2D eigenvalue weighted by Gasteiger charge is -2.13. The maximum atomic E-state index is 12.8. The third kappa shape index (κ3) is 3.38. The topological polar surface area (TPSA) is 67.8 Å². The highest BCUT2D eigenvalue weighted by Gasteiger charge is 2.09. The summed E-state index contributed by atoms with van der Waals surface area (Å²) in [5.41, 5.74) is 5.27. The molecule has 1 atom stereocenters. The fourth-order valence-electron chi connectivity index (χ4n) is 1.16. The van der Waals surface area contributed by atoms with E-state index >= 15 is 0 Å². The molecule has 0 amide bonds. The van der Waals surface area contributed by atoms with Crippen molar-refractivity contribution in [2.75, 3.05) is 0 Å². The minimum Gasteiger partial charge on any atom is -0.490 e. The monoisotopic (exact) mass is 230 g/mol. The molecule has 1 unspecified atom stereocenters. The van der Waals surface area contributed by atoms with E-state index in [4.69, 9.17) is 15.7 Å². The number of nitrogens with two attached hydrogens (primary N) is 1. The summed E-state index contributed by atoms with van der Waals surface area (Å²) in [5, 5.41) is 11.1. The summed E-state index contributed by atoms with van der Waals surface area (Å²) < 4.78 is 30.7. The molecule has 0 bridgehead atoms. The summed E-state index contributed by atoms with van der Waals surface area (Å²) in [6, 6.07) is 3.22. The van der Waals surface area contributed by atoms with Gasteiger partial charge in [-0.1, -0.05) is 5.16 Å². The molecule has 0 fully saturated rings. The molecule has 16 heavy (non-hydrogen) atoms. The van der Waals surface area contributed by atoms with Crippen molar-refractivity contribution in [3.63, 3.8) is 0 Å². The maximum absolute atomic E-state index is 12.8. The number of hydrogen-bond acceptors (Lipinski definition) is 3. The number of nitrogens with zero attached hydrogens (tertiary/aromatic N) is 1. The Morgan fingerprint density at radius 3 is 2.75 bits per heavy atom. The lowest BCUT2D eigenvalue weighted by atomic mass is 10.2. The van der Waals surface area contributed by atoms with Crippen LogP contribution in [0.3, 0.4) is 0 Å². The number of ether oxygens (including phenoxy) is 1. The number of amidine groups is 1. The first-order valence-corrected chi connectivity index (χ1v) is 4.61. The zero-order valence-corrected chi connectivity index (χ0v) is 8.65. The molecule has 0 heterocycles. The highest BCUT2D eigenvalue weighted by Crippen LogP contribution is 2.17. The normalized spacial score (nSPS) is 13.6. The molecule has 0 aliphatic carbocycles. The minimum absolute atomic E-state index is 0.00934. The number of oxime groups is 1. The van der Waals surface area contributed by atoms with E-state index in [0.29, 0.717) is 0 Å². The first-order chi connectivity index (χ1) is 7.52. The molecule has 0 saturated heterocycles. The highest BCUT2D eigenvalue weighted by molar-refractivity contribution is 5.80. The van der Waals surface area contributed by atoms with Crippen LogP contribution >= 0.6 is 0 Å². The fraction of sp³-hybridized carbons (Fsp3) is 0.300. The second kappa shape index (κ2) is 5.29. The molecule has 88 valence electrons. The zero-order chi connectivity index (χ0) is 12.1. The summed E-state index contributed by atoms with van der Waals surface area (Å²) in [6.07, 6.45) is -0.212. The van der Waals surface area contributed by atoms with Crippen LogP contribution < -0.4 is 10.5 Å². The van der Waals surface area contributed by atoms with Gasteiger partial charge in [-0.25, -0.2) is 8.78 Å². The summed E-state index contributed by atoms with van der Waals surface area (Å²) in [4.78, 5) is 0. The van der Waals surface area contributed by atoms with Crippen LogP contribution in [0.25, 0.3) is 0 Å². The SMILES string of the molecule is CC(CC(N)=NO)Oc1ccc(F)c(F)c1. The number of halogens is 2. The van der Waals surface area contributed by atoms with Gasteiger partial charge in [0.1, 0.15) is 17.7 Å². The van der Waals surface area contributed by atoms with Crippen molar-refractivity contribution in [3.8, 4) is 5.75 Å². The molecule has 0 aromatic heterocycles. The van der Waals surface area contributed by atoms with Gasteiger partial charge >= 0.3 is 0 Å². The van der Waals surface area contributed by atoms with Gasteiger partial charge in [0.15, 0.2) is 11.6 Å². The zero-order valence-electron chi connectivity index (χ0n) is 8.65. The largest absolute Gasteiger partial charge is 0.490 e. The minimum atomic E-state index is -0.978. The van der Waals surface area contributed by atoms with Crippen molar-refractivity contribution < 1.29 is 18.7 Å². The maximum Gasteiger partial charge on any atom is 0.162 e. The van der Waals surface area contributed by atoms with E-state index < -0.39 is 17.7 Å². The van der Waals surface area contributed by atoms with Crippen LogP contribution in [0.2, 0.25) is 0 Å². The molecule has 1 aromatic carbocycles. The van der Waals surface area contributed by atoms with Crippen LogP contribution in [0.4, 0.5) is 8.78 Å². The fourth-order valence-corrected chi connectivity index (χ4v) is 1.16. The van der Waals surface area contributed by atoms with E-state index in [-0.39, 0.29) is 18.0 Å². The van der Waals surface area contributed by atoms with Crippen molar-refractivity contribution in [1.82, 2.24) is 0 Å². The molecule has 3 N–H and O–H groups in total. The predicted molar refractivity (Wildman–Crippen MR) is 54.5 cm³/mol. The molecular formula is C10H12F2N2O2. The van der Waals surface area contributed by atoms with Gasteiger partial charge in [-0.15, -0.1) is 0 Å². The molecule has 0 spiro atoms. The third-order valence-electron chi connectivity index (χ3n) is 1.85. The Hall–Kier alpha value is -1.85. The van der Waals surface area contributed by atoms with Crippen molar-refractivity contribution in [1.29, 1.82) is 0 Å². The predicted octanol–water partition coefficient (Wildman–Crippen LogP) is 1.87. The average Bonchev–Trinajstić information content (AvgIpc) is 2.23. The number of benzene rings is 1. The van der Waals surface area contributed by atoms with Crippen LogP contribution in [-0.2, 0) is 0 Å². The molecular weight excluding hydrogens is 218 g/mol. The van der Waals surface area contributed by atoms with Gasteiger partial charge < -0.3 is 15.7 Å². The van der Waals surface area contributed by atoms with Gasteiger partial charge in [-0.2, -0.15) is 0 Å². The lowest BCUT2D eigenvalue weighted by molar-refractivity contribution is 0.225. The Morgan fingerprint density at radius 2 is 2.19 bits per heavy atom. The summed E-state index contributed by atoms with van der Waals surface area (Å²) in [6.45, 7) is 1.67. The van der Waals surface area contributed by atoms with E-state index in [1.165, 1.54) is 6.07 Å². The van der Waals surface area contributed by atoms with Gasteiger partial charge in [0.05, 0.1) is 0 Å². The molecule has 6 heteroatoms. The lowest BCUT2D eigenvalue weighted by Crippen LogP contribution is -2.22. The second-order valence-electron chi connectivity index (χ2n) is 3.30. The van der Waals surface area contributed by atoms with Crippen LogP contribution in [0, 0.1) is 11.6 Å². The quantitative estimate of drug-likeness (QED) is 0.359. The van der Waals surface area contributed by atoms with Crippen molar-refractivity contribution in [3.05, 3.63) is 29.8 Å². The summed E-state index contributed by atoms with van der Waals surface area (Å²) in [5.74, 6) is -1.71. The van der Waals surface area contributed by atoms with Gasteiger partial charge in [0.2, 0.25) is 0 Å². The first-order valence-electron chi connectivity index (χ1n) is 4.61. The summed E-state index contributed by atoms with van der Waals surface area (Å²) >= 11 is 0. The number of hydrogen-bond donors (Lipinski definition) is 2. The molecule has 0 saturated carbocycles. The Labute approximate surface area is 91.3 Å². The van der Waals surface area contributed by atoms with Gasteiger partial charge in [0.25, 0.3) is 0 Å². The second-order valence-corrected chi connectivity index (χ2v) is 3.30. The average molecular weight is 230 g/mol. The van der Waals surface area contributed by atoms with Gasteiger partial charge in [-0.3, -0.25) is 0 Å². The van der Waals surface area contributed by atoms with Crippen molar-refractivity contribution in [2.45, 2.75) is 19.4 Å².